The van der Waals surface area contributed by atoms with E-state index in [9.17, 15) is 0 Å². The summed E-state index contributed by atoms with van der Waals surface area (Å²) in [4.78, 5) is 4.95. The van der Waals surface area contributed by atoms with Gasteiger partial charge in [0.25, 0.3) is 0 Å². The SMILES string of the molecule is CCc1cccc(CC)c1N=C(C)/C=C(\C)[N-]c1c(CC)cccc1CC. The molecule has 0 aliphatic carbocycles. The van der Waals surface area contributed by atoms with Crippen molar-refractivity contribution in [1.82, 2.24) is 0 Å². The van der Waals surface area contributed by atoms with E-state index in [1.807, 2.05) is 0 Å². The van der Waals surface area contributed by atoms with Crippen molar-refractivity contribution in [3.8, 4) is 0 Å². The number of nitrogens with zero attached hydrogens (tertiary/aromatic N) is 2. The number of hydrogen-bond acceptors (Lipinski definition) is 1. The average Bonchev–Trinajstić information content (AvgIpc) is 2.67. The van der Waals surface area contributed by atoms with Gasteiger partial charge in [0.15, 0.2) is 0 Å². The Morgan fingerprint density at radius 1 is 0.778 bits per heavy atom. The molecule has 2 aromatic carbocycles. The molecular weight excluding hydrogens is 328 g/mol. The number of para-hydroxylation sites is 2. The van der Waals surface area contributed by atoms with Gasteiger partial charge in [-0.25, -0.2) is 0 Å². The summed E-state index contributed by atoms with van der Waals surface area (Å²) in [5.74, 6) is 0. The first-order chi connectivity index (χ1) is 13.0. The van der Waals surface area contributed by atoms with E-state index < -0.39 is 0 Å². The third-order valence-corrected chi connectivity index (χ3v) is 4.92. The van der Waals surface area contributed by atoms with Crippen LogP contribution in [0.2, 0.25) is 0 Å². The molecule has 0 aliphatic heterocycles. The van der Waals surface area contributed by atoms with Crippen molar-refractivity contribution in [2.75, 3.05) is 0 Å². The van der Waals surface area contributed by atoms with Crippen LogP contribution >= 0.6 is 0 Å². The molecule has 0 saturated heterocycles. The summed E-state index contributed by atoms with van der Waals surface area (Å²) in [6.07, 6.45) is 6.08. The lowest BCUT2D eigenvalue weighted by Crippen LogP contribution is -1.94. The van der Waals surface area contributed by atoms with E-state index in [-0.39, 0.29) is 0 Å². The van der Waals surface area contributed by atoms with E-state index in [0.29, 0.717) is 0 Å². The highest BCUT2D eigenvalue weighted by atomic mass is 14.9. The first-order valence-electron chi connectivity index (χ1n) is 10.2. The molecule has 0 radical (unpaired) electrons. The Labute approximate surface area is 165 Å². The van der Waals surface area contributed by atoms with Crippen molar-refractivity contribution in [3.63, 3.8) is 0 Å². The van der Waals surface area contributed by atoms with Crippen LogP contribution in [0.5, 0.6) is 0 Å². The Morgan fingerprint density at radius 2 is 1.22 bits per heavy atom. The van der Waals surface area contributed by atoms with Gasteiger partial charge in [-0.1, -0.05) is 88.2 Å². The highest BCUT2D eigenvalue weighted by Crippen LogP contribution is 2.33. The third-order valence-electron chi connectivity index (χ3n) is 4.92. The zero-order valence-electron chi connectivity index (χ0n) is 17.8. The van der Waals surface area contributed by atoms with Crippen molar-refractivity contribution in [3.05, 3.63) is 75.7 Å². The molecule has 2 nitrogen and oxygen atoms in total. The highest BCUT2D eigenvalue weighted by Gasteiger charge is 2.05. The largest absolute Gasteiger partial charge is 0.661 e. The van der Waals surface area contributed by atoms with Crippen LogP contribution in [0, 0.1) is 0 Å². The Bertz CT molecular complexity index is 784. The van der Waals surface area contributed by atoms with E-state index in [4.69, 9.17) is 10.3 Å². The Morgan fingerprint density at radius 3 is 1.67 bits per heavy atom. The zero-order chi connectivity index (χ0) is 19.8. The first kappa shape index (κ1) is 21.0. The molecule has 0 fully saturated rings. The second-order valence-corrected chi connectivity index (χ2v) is 6.91. The number of benzene rings is 2. The fourth-order valence-corrected chi connectivity index (χ4v) is 3.44. The molecule has 0 bridgehead atoms. The van der Waals surface area contributed by atoms with E-state index in [1.165, 1.54) is 22.3 Å². The first-order valence-corrected chi connectivity index (χ1v) is 10.2. The summed E-state index contributed by atoms with van der Waals surface area (Å²) in [7, 11) is 0. The minimum Gasteiger partial charge on any atom is -0.661 e. The van der Waals surface area contributed by atoms with Gasteiger partial charge in [0.05, 0.1) is 5.69 Å². The van der Waals surface area contributed by atoms with Crippen LogP contribution in [0.15, 0.2) is 53.2 Å². The summed E-state index contributed by atoms with van der Waals surface area (Å²) >= 11 is 0. The van der Waals surface area contributed by atoms with Crippen molar-refractivity contribution < 1.29 is 0 Å². The lowest BCUT2D eigenvalue weighted by molar-refractivity contribution is 1.08. The van der Waals surface area contributed by atoms with Gasteiger partial charge in [0.1, 0.15) is 0 Å². The zero-order valence-corrected chi connectivity index (χ0v) is 17.8. The van der Waals surface area contributed by atoms with Crippen LogP contribution in [-0.4, -0.2) is 5.71 Å². The van der Waals surface area contributed by atoms with Crippen LogP contribution in [0.1, 0.15) is 63.8 Å². The average molecular weight is 362 g/mol. The lowest BCUT2D eigenvalue weighted by Gasteiger charge is -2.29. The summed E-state index contributed by atoms with van der Waals surface area (Å²) in [6.45, 7) is 12.9. The van der Waals surface area contributed by atoms with Crippen molar-refractivity contribution >= 4 is 17.1 Å². The topological polar surface area (TPSA) is 26.5 Å². The van der Waals surface area contributed by atoms with Gasteiger partial charge in [0, 0.05) is 5.71 Å². The van der Waals surface area contributed by atoms with Gasteiger partial charge >= 0.3 is 0 Å². The van der Waals surface area contributed by atoms with Crippen LogP contribution in [0.25, 0.3) is 5.32 Å². The van der Waals surface area contributed by atoms with E-state index in [0.717, 1.165) is 48.5 Å². The molecule has 0 saturated carbocycles. The molecule has 0 heterocycles. The molecule has 0 aromatic heterocycles. The fraction of sp³-hybridized carbons (Fsp3) is 0.400. The predicted molar refractivity (Wildman–Crippen MR) is 120 cm³/mol. The summed E-state index contributed by atoms with van der Waals surface area (Å²) in [6, 6.07) is 13.0. The van der Waals surface area contributed by atoms with Crippen LogP contribution in [0.4, 0.5) is 11.4 Å². The second-order valence-electron chi connectivity index (χ2n) is 6.91. The van der Waals surface area contributed by atoms with Crippen LogP contribution < -0.4 is 0 Å². The molecule has 144 valence electrons. The van der Waals surface area contributed by atoms with Crippen molar-refractivity contribution in [2.45, 2.75) is 67.2 Å². The van der Waals surface area contributed by atoms with Gasteiger partial charge in [0.2, 0.25) is 0 Å². The van der Waals surface area contributed by atoms with Crippen molar-refractivity contribution in [2.24, 2.45) is 4.99 Å². The van der Waals surface area contributed by atoms with Crippen molar-refractivity contribution in [1.29, 1.82) is 0 Å². The highest BCUT2D eigenvalue weighted by molar-refractivity contribution is 5.96. The molecule has 0 atom stereocenters. The quantitative estimate of drug-likeness (QED) is 0.432. The summed E-state index contributed by atoms with van der Waals surface area (Å²) < 4.78 is 0. The molecule has 27 heavy (non-hydrogen) atoms. The standard InChI is InChI=1S/C25H33N2/c1-7-20-13-11-14-21(8-2)24(20)26-18(5)17-19(6)27-25-22(9-3)15-12-16-23(25)10-4/h11-17H,7-10H2,1-6H3/q-1/b18-17+,27-19?. The maximum Gasteiger partial charge on any atom is 0.0696 e. The monoisotopic (exact) mass is 361 g/mol. The molecule has 0 amide bonds. The number of aliphatic imine (C=N–C) groups is 1. The van der Waals surface area contributed by atoms with E-state index in [1.54, 1.807) is 0 Å². The fourth-order valence-electron chi connectivity index (χ4n) is 3.44. The van der Waals surface area contributed by atoms with Gasteiger partial charge in [-0.15, -0.1) is 5.69 Å². The number of hydrogen-bond donors (Lipinski definition) is 0. The number of allylic oxidation sites excluding steroid dienone is 2. The normalized spacial score (nSPS) is 12.4. The van der Waals surface area contributed by atoms with Gasteiger partial charge in [-0.2, -0.15) is 5.70 Å². The lowest BCUT2D eigenvalue weighted by atomic mass is 10.0. The van der Waals surface area contributed by atoms with E-state index >= 15 is 0 Å². The Kier molecular flexibility index (Phi) is 7.84. The molecule has 0 unspecified atom stereocenters. The molecule has 2 aromatic rings. The molecule has 2 rings (SSSR count). The third kappa shape index (κ3) is 5.32. The van der Waals surface area contributed by atoms with Gasteiger partial charge in [-0.3, -0.25) is 4.99 Å². The minimum absolute atomic E-state index is 0.997. The smallest absolute Gasteiger partial charge is 0.0696 e. The van der Waals surface area contributed by atoms with E-state index in [2.05, 4.69) is 84.0 Å². The molecule has 0 aliphatic rings. The molecule has 0 spiro atoms. The minimum atomic E-state index is 0.997. The second kappa shape index (κ2) is 10.1. The number of aryl methyl sites for hydroxylation is 4. The van der Waals surface area contributed by atoms with Crippen LogP contribution in [-0.2, 0) is 25.7 Å². The Hall–Kier alpha value is -2.35. The number of rotatable bonds is 8. The summed E-state index contributed by atoms with van der Waals surface area (Å²) in [5, 5.41) is 4.95. The summed E-state index contributed by atoms with van der Waals surface area (Å²) in [5.41, 5.74) is 9.49. The molecular formula is C25H33N2-. The maximum absolute atomic E-state index is 4.95. The maximum atomic E-state index is 4.95. The van der Waals surface area contributed by atoms with Gasteiger partial charge in [-0.05, 0) is 43.7 Å². The van der Waals surface area contributed by atoms with Gasteiger partial charge < -0.3 is 5.32 Å². The molecule has 0 N–H and O–H groups in total. The predicted octanol–water partition coefficient (Wildman–Crippen LogP) is 7.64. The Balaban J connectivity index is 2.33. The van der Waals surface area contributed by atoms with Crippen LogP contribution in [0.3, 0.4) is 0 Å². The molecule has 2 heteroatoms.